The van der Waals surface area contributed by atoms with E-state index in [1.54, 1.807) is 0 Å². The second kappa shape index (κ2) is 3.60. The lowest BCUT2D eigenvalue weighted by Crippen LogP contribution is -2.35. The van der Waals surface area contributed by atoms with Crippen molar-refractivity contribution in [2.75, 3.05) is 19.6 Å². The molecule has 0 unspecified atom stereocenters. The van der Waals surface area contributed by atoms with Gasteiger partial charge in [0.2, 0.25) is 0 Å². The number of nitrogens with zero attached hydrogens (tertiary/aromatic N) is 1. The second-order valence-electron chi connectivity index (χ2n) is 2.68. The minimum Gasteiger partial charge on any atom is -0.292 e. The summed E-state index contributed by atoms with van der Waals surface area (Å²) in [5.74, 6) is 2.58. The summed E-state index contributed by atoms with van der Waals surface area (Å²) in [5, 5.41) is 10.8. The highest BCUT2D eigenvalue weighted by atomic mass is 16.3. The molecule has 1 heterocycles. The number of piperidine rings is 1. The van der Waals surface area contributed by atoms with Gasteiger partial charge < -0.3 is 0 Å². The van der Waals surface area contributed by atoms with Gasteiger partial charge in [-0.2, -0.15) is 0 Å². The Morgan fingerprint density at radius 2 is 2.10 bits per heavy atom. The monoisotopic (exact) mass is 138 g/mol. The summed E-state index contributed by atoms with van der Waals surface area (Å²) in [6.07, 6.45) is 6.32. The van der Waals surface area contributed by atoms with Gasteiger partial charge in [0.25, 0.3) is 0 Å². The van der Waals surface area contributed by atoms with Crippen LogP contribution in [0.4, 0.5) is 0 Å². The molecule has 0 bridgehead atoms. The second-order valence-corrected chi connectivity index (χ2v) is 2.68. The fraction of sp³-hybridized carbons (Fsp3) is 0.750. The van der Waals surface area contributed by atoms with Crippen LogP contribution in [0.15, 0.2) is 0 Å². The molecule has 2 heteroatoms. The van der Waals surface area contributed by atoms with Crippen LogP contribution in [0.25, 0.3) is 0 Å². The van der Waals surface area contributed by atoms with Crippen molar-refractivity contribution in [3.8, 4) is 12.3 Å². The van der Waals surface area contributed by atoms with E-state index in [2.05, 4.69) is 10.8 Å². The first-order valence-electron chi connectivity index (χ1n) is 3.64. The molecule has 0 spiro atoms. The van der Waals surface area contributed by atoms with E-state index < -0.39 is 0 Å². The first kappa shape index (κ1) is 7.59. The molecule has 0 saturated carbocycles. The quantitative estimate of drug-likeness (QED) is 0.484. The van der Waals surface area contributed by atoms with E-state index in [1.165, 1.54) is 0 Å². The lowest BCUT2D eigenvalue weighted by molar-refractivity contribution is 0.0315. The molecule has 1 rings (SSSR count). The SMILES string of the molecule is C#CCN1CCC([O])CC1. The molecule has 0 atom stereocenters. The van der Waals surface area contributed by atoms with Crippen LogP contribution < -0.4 is 0 Å². The number of hydrogen-bond acceptors (Lipinski definition) is 1. The molecule has 0 aromatic heterocycles. The average Bonchev–Trinajstić information content (AvgIpc) is 1.95. The van der Waals surface area contributed by atoms with Crippen LogP contribution in [0, 0.1) is 12.3 Å². The van der Waals surface area contributed by atoms with E-state index >= 15 is 0 Å². The van der Waals surface area contributed by atoms with Crippen LogP contribution in [0.1, 0.15) is 12.8 Å². The van der Waals surface area contributed by atoms with Crippen LogP contribution in [-0.4, -0.2) is 30.6 Å². The molecule has 0 N–H and O–H groups in total. The van der Waals surface area contributed by atoms with E-state index in [-0.39, 0.29) is 6.10 Å². The van der Waals surface area contributed by atoms with Crippen LogP contribution in [0.2, 0.25) is 0 Å². The predicted octanol–water partition coefficient (Wildman–Crippen LogP) is 0.515. The highest BCUT2D eigenvalue weighted by molar-refractivity contribution is 4.89. The number of rotatable bonds is 1. The molecule has 1 radical (unpaired) electrons. The van der Waals surface area contributed by atoms with Gasteiger partial charge in [-0.05, 0) is 12.8 Å². The van der Waals surface area contributed by atoms with Crippen molar-refractivity contribution in [1.29, 1.82) is 0 Å². The maximum atomic E-state index is 10.8. The van der Waals surface area contributed by atoms with Crippen molar-refractivity contribution in [3.05, 3.63) is 0 Å². The molecule has 0 amide bonds. The Morgan fingerprint density at radius 1 is 1.50 bits per heavy atom. The van der Waals surface area contributed by atoms with E-state index in [4.69, 9.17) is 6.42 Å². The summed E-state index contributed by atoms with van der Waals surface area (Å²) in [6, 6.07) is 0. The third-order valence-corrected chi connectivity index (χ3v) is 1.85. The zero-order valence-corrected chi connectivity index (χ0v) is 6.05. The summed E-state index contributed by atoms with van der Waals surface area (Å²) in [6.45, 7) is 2.48. The van der Waals surface area contributed by atoms with Crippen LogP contribution in [0.5, 0.6) is 0 Å². The van der Waals surface area contributed by atoms with E-state index in [0.717, 1.165) is 25.9 Å². The average molecular weight is 138 g/mol. The Bertz CT molecular complexity index is 131. The predicted molar refractivity (Wildman–Crippen MR) is 39.0 cm³/mol. The third-order valence-electron chi connectivity index (χ3n) is 1.85. The molecule has 1 aliphatic rings. The molecule has 2 nitrogen and oxygen atoms in total. The maximum Gasteiger partial charge on any atom is 0.0954 e. The molecule has 55 valence electrons. The third kappa shape index (κ3) is 2.02. The highest BCUT2D eigenvalue weighted by Gasteiger charge is 2.16. The Morgan fingerprint density at radius 3 is 2.60 bits per heavy atom. The summed E-state index contributed by atoms with van der Waals surface area (Å²) in [7, 11) is 0. The standard InChI is InChI=1S/C8H12NO/c1-2-5-9-6-3-8(10)4-7-9/h1,8H,3-7H2. The largest absolute Gasteiger partial charge is 0.292 e. The fourth-order valence-electron chi connectivity index (χ4n) is 1.20. The summed E-state index contributed by atoms with van der Waals surface area (Å²) < 4.78 is 0. The molecule has 1 aliphatic heterocycles. The normalized spacial score (nSPS) is 22.4. The Hall–Kier alpha value is -0.520. The maximum absolute atomic E-state index is 10.8. The highest BCUT2D eigenvalue weighted by Crippen LogP contribution is 2.08. The summed E-state index contributed by atoms with van der Waals surface area (Å²) in [5.41, 5.74) is 0. The smallest absolute Gasteiger partial charge is 0.0954 e. The molecule has 0 aliphatic carbocycles. The van der Waals surface area contributed by atoms with Crippen LogP contribution in [0.3, 0.4) is 0 Å². The molecule has 1 saturated heterocycles. The van der Waals surface area contributed by atoms with Crippen molar-refractivity contribution in [1.82, 2.24) is 4.90 Å². The number of hydrogen-bond donors (Lipinski definition) is 0. The van der Waals surface area contributed by atoms with Crippen LogP contribution >= 0.6 is 0 Å². The van der Waals surface area contributed by atoms with Crippen molar-refractivity contribution < 1.29 is 5.11 Å². The van der Waals surface area contributed by atoms with Crippen LogP contribution in [-0.2, 0) is 5.11 Å². The minimum absolute atomic E-state index is 0.339. The zero-order valence-electron chi connectivity index (χ0n) is 6.05. The van der Waals surface area contributed by atoms with Gasteiger partial charge in [-0.3, -0.25) is 4.90 Å². The van der Waals surface area contributed by atoms with Crippen molar-refractivity contribution >= 4 is 0 Å². The summed E-state index contributed by atoms with van der Waals surface area (Å²) >= 11 is 0. The van der Waals surface area contributed by atoms with Gasteiger partial charge in [-0.25, -0.2) is 5.11 Å². The van der Waals surface area contributed by atoms with Gasteiger partial charge in [0, 0.05) is 13.1 Å². The van der Waals surface area contributed by atoms with Gasteiger partial charge in [0.05, 0.1) is 12.6 Å². The number of likely N-dealkylation sites (tertiary alicyclic amines) is 1. The Kier molecular flexibility index (Phi) is 2.73. The lowest BCUT2D eigenvalue weighted by Gasteiger charge is -2.26. The van der Waals surface area contributed by atoms with Crippen molar-refractivity contribution in [3.63, 3.8) is 0 Å². The Balaban J connectivity index is 2.21. The fourth-order valence-corrected chi connectivity index (χ4v) is 1.20. The molecule has 10 heavy (non-hydrogen) atoms. The topological polar surface area (TPSA) is 23.1 Å². The Labute approximate surface area is 61.8 Å². The van der Waals surface area contributed by atoms with Crippen molar-refractivity contribution in [2.24, 2.45) is 0 Å². The van der Waals surface area contributed by atoms with Gasteiger partial charge in [-0.1, -0.05) is 5.92 Å². The summed E-state index contributed by atoms with van der Waals surface area (Å²) in [4.78, 5) is 2.15. The van der Waals surface area contributed by atoms with Gasteiger partial charge in [0.15, 0.2) is 0 Å². The van der Waals surface area contributed by atoms with E-state index in [0.29, 0.717) is 6.54 Å². The van der Waals surface area contributed by atoms with Crippen molar-refractivity contribution in [2.45, 2.75) is 18.9 Å². The first-order chi connectivity index (χ1) is 4.83. The van der Waals surface area contributed by atoms with Gasteiger partial charge in [-0.15, -0.1) is 6.42 Å². The first-order valence-corrected chi connectivity index (χ1v) is 3.64. The lowest BCUT2D eigenvalue weighted by atomic mass is 10.1. The number of terminal acetylenes is 1. The molecular formula is C8H12NO. The van der Waals surface area contributed by atoms with E-state index in [9.17, 15) is 5.11 Å². The van der Waals surface area contributed by atoms with E-state index in [1.807, 2.05) is 0 Å². The molecular weight excluding hydrogens is 126 g/mol. The molecule has 0 aromatic rings. The van der Waals surface area contributed by atoms with Gasteiger partial charge in [0.1, 0.15) is 0 Å². The molecule has 1 fully saturated rings. The molecule has 0 aromatic carbocycles. The zero-order chi connectivity index (χ0) is 7.40. The minimum atomic E-state index is -0.339. The van der Waals surface area contributed by atoms with Gasteiger partial charge >= 0.3 is 0 Å².